The van der Waals surface area contributed by atoms with Gasteiger partial charge in [0.1, 0.15) is 5.92 Å². The Labute approximate surface area is 106 Å². The molecule has 5 heteroatoms. The Morgan fingerprint density at radius 3 is 2.33 bits per heavy atom. The zero-order valence-corrected chi connectivity index (χ0v) is 10.6. The van der Waals surface area contributed by atoms with Gasteiger partial charge in [-0.1, -0.05) is 31.4 Å². The monoisotopic (exact) mass is 266 g/mol. The third-order valence-electron chi connectivity index (χ3n) is 3.50. The molecule has 0 aliphatic heterocycles. The average Bonchev–Trinajstić information content (AvgIpc) is 2.34. The van der Waals surface area contributed by atoms with E-state index in [0.717, 1.165) is 25.7 Å². The van der Waals surface area contributed by atoms with E-state index >= 15 is 0 Å². The molecule has 0 saturated heterocycles. The van der Waals surface area contributed by atoms with Gasteiger partial charge in [0, 0.05) is 7.11 Å². The zero-order chi connectivity index (χ0) is 13.6. The van der Waals surface area contributed by atoms with E-state index in [-0.39, 0.29) is 5.92 Å². The lowest BCUT2D eigenvalue weighted by atomic mass is 9.87. The lowest BCUT2D eigenvalue weighted by Gasteiger charge is -2.25. The van der Waals surface area contributed by atoms with Crippen molar-refractivity contribution in [1.82, 2.24) is 0 Å². The van der Waals surface area contributed by atoms with Crippen molar-refractivity contribution < 1.29 is 23.0 Å². The normalized spacial score (nSPS) is 22.3. The number of aliphatic hydroxyl groups excluding tert-OH is 1. The van der Waals surface area contributed by atoms with E-state index in [1.807, 2.05) is 0 Å². The van der Waals surface area contributed by atoms with Crippen LogP contribution in [0.3, 0.4) is 0 Å². The summed E-state index contributed by atoms with van der Waals surface area (Å²) in [5.74, 6) is -1.49. The molecule has 1 saturated carbocycles. The smallest absolute Gasteiger partial charge is 0.394 e. The second-order valence-corrected chi connectivity index (χ2v) is 4.81. The SMILES string of the molecule is CO[C@@H](CO)[C@@H](/C=C/C1CCCCC1)C(F)(F)F. The average molecular weight is 266 g/mol. The van der Waals surface area contributed by atoms with Crippen molar-refractivity contribution in [3.63, 3.8) is 0 Å². The summed E-state index contributed by atoms with van der Waals surface area (Å²) in [6, 6.07) is 0. The molecule has 1 fully saturated rings. The molecule has 106 valence electrons. The number of rotatable bonds is 5. The van der Waals surface area contributed by atoms with E-state index in [4.69, 9.17) is 9.84 Å². The summed E-state index contributed by atoms with van der Waals surface area (Å²) < 4.78 is 43.3. The van der Waals surface area contributed by atoms with Gasteiger partial charge in [0.25, 0.3) is 0 Å². The van der Waals surface area contributed by atoms with Crippen LogP contribution in [0.2, 0.25) is 0 Å². The van der Waals surface area contributed by atoms with Gasteiger partial charge in [-0.3, -0.25) is 0 Å². The number of aliphatic hydroxyl groups is 1. The third-order valence-corrected chi connectivity index (χ3v) is 3.50. The number of hydrogen-bond acceptors (Lipinski definition) is 2. The molecule has 2 nitrogen and oxygen atoms in total. The Morgan fingerprint density at radius 1 is 1.28 bits per heavy atom. The standard InChI is InChI=1S/C13H21F3O2/c1-18-12(9-17)11(13(14,15)16)8-7-10-5-3-2-4-6-10/h7-8,10-12,17H,2-6,9H2,1H3/b8-7+/t11-,12+/m1/s1. The van der Waals surface area contributed by atoms with Crippen LogP contribution in [-0.2, 0) is 4.74 Å². The molecule has 2 atom stereocenters. The minimum Gasteiger partial charge on any atom is -0.394 e. The maximum Gasteiger partial charge on any atom is 0.397 e. The van der Waals surface area contributed by atoms with Crippen LogP contribution in [-0.4, -0.2) is 31.1 Å². The Kier molecular flexibility index (Phi) is 6.15. The van der Waals surface area contributed by atoms with Gasteiger partial charge in [-0.2, -0.15) is 13.2 Å². The highest BCUT2D eigenvalue weighted by atomic mass is 19.4. The zero-order valence-electron chi connectivity index (χ0n) is 10.6. The first-order valence-corrected chi connectivity index (χ1v) is 6.37. The highest BCUT2D eigenvalue weighted by Crippen LogP contribution is 2.33. The van der Waals surface area contributed by atoms with Gasteiger partial charge in [-0.15, -0.1) is 0 Å². The summed E-state index contributed by atoms with van der Waals surface area (Å²) in [6.45, 7) is -0.629. The van der Waals surface area contributed by atoms with Crippen molar-refractivity contribution in [1.29, 1.82) is 0 Å². The van der Waals surface area contributed by atoms with Crippen LogP contribution < -0.4 is 0 Å². The Morgan fingerprint density at radius 2 is 1.89 bits per heavy atom. The van der Waals surface area contributed by atoms with Gasteiger partial charge in [-0.05, 0) is 18.8 Å². The van der Waals surface area contributed by atoms with Crippen molar-refractivity contribution in [2.24, 2.45) is 11.8 Å². The molecule has 0 radical (unpaired) electrons. The van der Waals surface area contributed by atoms with E-state index in [2.05, 4.69) is 0 Å². The summed E-state index contributed by atoms with van der Waals surface area (Å²) in [6.07, 6.45) is 2.47. The van der Waals surface area contributed by atoms with Crippen LogP contribution in [0.4, 0.5) is 13.2 Å². The predicted octanol–water partition coefficient (Wildman–Crippen LogP) is 3.31. The molecule has 1 N–H and O–H groups in total. The topological polar surface area (TPSA) is 29.5 Å². The first-order valence-electron chi connectivity index (χ1n) is 6.37. The lowest BCUT2D eigenvalue weighted by Crippen LogP contribution is -2.36. The molecule has 0 unspecified atom stereocenters. The van der Waals surface area contributed by atoms with Crippen LogP contribution in [0, 0.1) is 11.8 Å². The minimum absolute atomic E-state index is 0.236. The fourth-order valence-electron chi connectivity index (χ4n) is 2.38. The van der Waals surface area contributed by atoms with Gasteiger partial charge in [0.15, 0.2) is 0 Å². The van der Waals surface area contributed by atoms with E-state index in [1.165, 1.54) is 19.6 Å². The number of alkyl halides is 3. The Bertz CT molecular complexity index is 253. The van der Waals surface area contributed by atoms with Gasteiger partial charge in [0.05, 0.1) is 12.7 Å². The number of methoxy groups -OCH3 is 1. The number of allylic oxidation sites excluding steroid dienone is 1. The van der Waals surface area contributed by atoms with Gasteiger partial charge >= 0.3 is 6.18 Å². The molecule has 1 rings (SSSR count). The molecule has 0 bridgehead atoms. The molecule has 0 aromatic heterocycles. The summed E-state index contributed by atoms with van der Waals surface area (Å²) in [5.41, 5.74) is 0. The number of hydrogen-bond donors (Lipinski definition) is 1. The van der Waals surface area contributed by atoms with Gasteiger partial charge in [0.2, 0.25) is 0 Å². The fourth-order valence-corrected chi connectivity index (χ4v) is 2.38. The second kappa shape index (κ2) is 7.14. The van der Waals surface area contributed by atoms with Gasteiger partial charge in [-0.25, -0.2) is 0 Å². The molecule has 1 aliphatic rings. The molecule has 0 spiro atoms. The highest BCUT2D eigenvalue weighted by molar-refractivity contribution is 4.99. The molecule has 0 amide bonds. The van der Waals surface area contributed by atoms with Crippen molar-refractivity contribution in [2.75, 3.05) is 13.7 Å². The highest BCUT2D eigenvalue weighted by Gasteiger charge is 2.43. The van der Waals surface area contributed by atoms with E-state index in [1.54, 1.807) is 6.08 Å². The van der Waals surface area contributed by atoms with Crippen LogP contribution in [0.5, 0.6) is 0 Å². The molecule has 18 heavy (non-hydrogen) atoms. The summed E-state index contributed by atoms with van der Waals surface area (Å²) in [5, 5.41) is 8.94. The third kappa shape index (κ3) is 4.61. The number of halogens is 3. The molecular weight excluding hydrogens is 245 g/mol. The quantitative estimate of drug-likeness (QED) is 0.774. The first kappa shape index (κ1) is 15.5. The number of ether oxygens (including phenoxy) is 1. The summed E-state index contributed by atoms with van der Waals surface area (Å²) in [4.78, 5) is 0. The van der Waals surface area contributed by atoms with Crippen LogP contribution >= 0.6 is 0 Å². The molecule has 0 aromatic rings. The first-order chi connectivity index (χ1) is 8.49. The Balaban J connectivity index is 2.68. The van der Waals surface area contributed by atoms with Crippen LogP contribution in [0.1, 0.15) is 32.1 Å². The minimum atomic E-state index is -4.38. The van der Waals surface area contributed by atoms with E-state index in [9.17, 15) is 13.2 Å². The van der Waals surface area contributed by atoms with Crippen molar-refractivity contribution in [2.45, 2.75) is 44.4 Å². The maximum atomic E-state index is 12.9. The van der Waals surface area contributed by atoms with Crippen LogP contribution in [0.25, 0.3) is 0 Å². The second-order valence-electron chi connectivity index (χ2n) is 4.81. The van der Waals surface area contributed by atoms with Crippen molar-refractivity contribution in [3.05, 3.63) is 12.2 Å². The summed E-state index contributed by atoms with van der Waals surface area (Å²) in [7, 11) is 1.19. The summed E-state index contributed by atoms with van der Waals surface area (Å²) >= 11 is 0. The molecule has 0 aromatic carbocycles. The van der Waals surface area contributed by atoms with Gasteiger partial charge < -0.3 is 9.84 Å². The van der Waals surface area contributed by atoms with Crippen molar-refractivity contribution >= 4 is 0 Å². The van der Waals surface area contributed by atoms with Crippen molar-refractivity contribution in [3.8, 4) is 0 Å². The molecule has 0 heterocycles. The molecular formula is C13H21F3O2. The largest absolute Gasteiger partial charge is 0.397 e. The maximum absolute atomic E-state index is 12.9. The molecule has 1 aliphatic carbocycles. The lowest BCUT2D eigenvalue weighted by molar-refractivity contribution is -0.193. The Hall–Kier alpha value is -0.550. The fraction of sp³-hybridized carbons (Fsp3) is 0.846. The van der Waals surface area contributed by atoms with E-state index in [0.29, 0.717) is 0 Å². The predicted molar refractivity (Wildman–Crippen MR) is 63.1 cm³/mol. The van der Waals surface area contributed by atoms with E-state index < -0.39 is 24.8 Å². The van der Waals surface area contributed by atoms with Crippen LogP contribution in [0.15, 0.2) is 12.2 Å².